The fourth-order valence-electron chi connectivity index (χ4n) is 2.93. The van der Waals surface area contributed by atoms with Gasteiger partial charge < -0.3 is 15.7 Å². The predicted molar refractivity (Wildman–Crippen MR) is 75.1 cm³/mol. The maximum atomic E-state index is 12.5. The molecule has 2 unspecified atom stereocenters. The third kappa shape index (κ3) is 1.88. The Morgan fingerprint density at radius 3 is 3.10 bits per heavy atom. The molecule has 2 atom stereocenters. The van der Waals surface area contributed by atoms with Crippen LogP contribution >= 0.6 is 0 Å². The van der Waals surface area contributed by atoms with Crippen molar-refractivity contribution in [3.8, 4) is 0 Å². The van der Waals surface area contributed by atoms with E-state index in [0.717, 1.165) is 15.6 Å². The maximum Gasteiger partial charge on any atom is 0.273 e. The molecule has 20 heavy (non-hydrogen) atoms. The first kappa shape index (κ1) is 13.1. The first-order valence-electron chi connectivity index (χ1n) is 6.61. The largest absolute Gasteiger partial charge is 0.390 e. The molecule has 0 saturated carbocycles. The van der Waals surface area contributed by atoms with Crippen LogP contribution in [0.1, 0.15) is 23.5 Å². The highest BCUT2D eigenvalue weighted by molar-refractivity contribution is 5.82. The summed E-state index contributed by atoms with van der Waals surface area (Å²) in [6.45, 7) is 2.67. The van der Waals surface area contributed by atoms with Gasteiger partial charge in [-0.25, -0.2) is 4.68 Å². The molecular formula is C14H17N3O3. The number of aliphatic hydroxyl groups excluding tert-OH is 1. The minimum absolute atomic E-state index is 0.240. The van der Waals surface area contributed by atoms with E-state index >= 15 is 0 Å². The molecule has 1 saturated heterocycles. The number of hydrogen-bond acceptors (Lipinski definition) is 5. The molecule has 3 rings (SSSR count). The van der Waals surface area contributed by atoms with Crippen LogP contribution in [-0.4, -0.2) is 34.1 Å². The van der Waals surface area contributed by atoms with E-state index < -0.39 is 6.10 Å². The second-order valence-corrected chi connectivity index (χ2v) is 5.14. The van der Waals surface area contributed by atoms with Crippen molar-refractivity contribution in [3.05, 3.63) is 39.9 Å². The van der Waals surface area contributed by atoms with Gasteiger partial charge in [-0.15, -0.1) is 0 Å². The topological polar surface area (TPSA) is 90.4 Å². The van der Waals surface area contributed by atoms with E-state index in [9.17, 15) is 9.90 Å². The molecule has 2 aromatic heterocycles. The Kier molecular flexibility index (Phi) is 3.19. The number of pyridine rings is 2. The average Bonchev–Trinajstić information content (AvgIpc) is 2.47. The first-order valence-corrected chi connectivity index (χ1v) is 6.61. The molecule has 1 aliphatic rings. The van der Waals surface area contributed by atoms with Crippen LogP contribution in [0.25, 0.3) is 10.9 Å². The number of nitrogens with two attached hydrogens (primary N) is 1. The second kappa shape index (κ2) is 4.88. The lowest BCUT2D eigenvalue weighted by molar-refractivity contribution is -0.0209. The smallest absolute Gasteiger partial charge is 0.273 e. The molecule has 0 radical (unpaired) electrons. The summed E-state index contributed by atoms with van der Waals surface area (Å²) in [6, 6.07) is 1.72. The van der Waals surface area contributed by atoms with E-state index in [1.165, 1.54) is 0 Å². The summed E-state index contributed by atoms with van der Waals surface area (Å²) in [4.78, 5) is 16.6. The number of rotatable bonds is 1. The molecule has 3 N–H and O–H groups in total. The number of aromatic nitrogens is 2. The van der Waals surface area contributed by atoms with Crippen LogP contribution in [0, 0.1) is 6.92 Å². The molecule has 106 valence electrons. The number of hydrogen-bond donors (Lipinski definition) is 2. The zero-order chi connectivity index (χ0) is 14.3. The molecule has 0 amide bonds. The van der Waals surface area contributed by atoms with Gasteiger partial charge in [-0.2, -0.15) is 0 Å². The molecular weight excluding hydrogens is 258 g/mol. The number of nitrogens with zero attached hydrogens (tertiary/aromatic N) is 2. The Bertz CT molecular complexity index is 711. The molecule has 6 nitrogen and oxygen atoms in total. The lowest BCUT2D eigenvalue weighted by atomic mass is 9.86. The summed E-state index contributed by atoms with van der Waals surface area (Å²) < 4.78 is 6.37. The van der Waals surface area contributed by atoms with Crippen LogP contribution in [0.4, 0.5) is 0 Å². The monoisotopic (exact) mass is 275 g/mol. The van der Waals surface area contributed by atoms with Gasteiger partial charge in [0.05, 0.1) is 18.2 Å². The average molecular weight is 275 g/mol. The fraction of sp³-hybridized carbons (Fsp3) is 0.429. The number of ether oxygens (including phenoxy) is 1. The van der Waals surface area contributed by atoms with Gasteiger partial charge in [0.2, 0.25) is 0 Å². The van der Waals surface area contributed by atoms with Gasteiger partial charge in [0.15, 0.2) is 0 Å². The van der Waals surface area contributed by atoms with Gasteiger partial charge >= 0.3 is 0 Å². The number of aliphatic hydroxyl groups is 1. The molecule has 0 bridgehead atoms. The van der Waals surface area contributed by atoms with Crippen molar-refractivity contribution in [2.45, 2.75) is 25.4 Å². The Hall–Kier alpha value is -1.92. The van der Waals surface area contributed by atoms with Crippen molar-refractivity contribution in [1.82, 2.24) is 9.66 Å². The summed E-state index contributed by atoms with van der Waals surface area (Å²) in [6.07, 6.45) is 3.24. The molecule has 0 aromatic carbocycles. The minimum Gasteiger partial charge on any atom is -0.390 e. The third-order valence-electron chi connectivity index (χ3n) is 4.01. The summed E-state index contributed by atoms with van der Waals surface area (Å²) in [5.74, 6) is 5.66. The van der Waals surface area contributed by atoms with Gasteiger partial charge in [0, 0.05) is 35.9 Å². The normalized spacial score (nSPS) is 23.1. The van der Waals surface area contributed by atoms with Gasteiger partial charge in [-0.05, 0) is 25.0 Å². The maximum absolute atomic E-state index is 12.5. The highest BCUT2D eigenvalue weighted by atomic mass is 16.5. The SMILES string of the molecule is Cc1c(C2CCOCC2O)c(=O)n(N)c2ccncc12. The fourth-order valence-corrected chi connectivity index (χ4v) is 2.93. The Morgan fingerprint density at radius 2 is 2.35 bits per heavy atom. The lowest BCUT2D eigenvalue weighted by Crippen LogP contribution is -2.38. The molecule has 1 aliphatic heterocycles. The zero-order valence-electron chi connectivity index (χ0n) is 11.2. The zero-order valence-corrected chi connectivity index (χ0v) is 11.2. The van der Waals surface area contributed by atoms with Crippen LogP contribution in [0.2, 0.25) is 0 Å². The first-order chi connectivity index (χ1) is 9.61. The van der Waals surface area contributed by atoms with Gasteiger partial charge in [0.25, 0.3) is 5.56 Å². The van der Waals surface area contributed by atoms with Crippen LogP contribution < -0.4 is 11.4 Å². The number of nitrogen functional groups attached to an aromatic ring is 1. The van der Waals surface area contributed by atoms with Crippen LogP contribution in [-0.2, 0) is 4.74 Å². The van der Waals surface area contributed by atoms with E-state index in [1.54, 1.807) is 18.5 Å². The molecule has 1 fully saturated rings. The van der Waals surface area contributed by atoms with Crippen LogP contribution in [0.15, 0.2) is 23.3 Å². The summed E-state index contributed by atoms with van der Waals surface area (Å²) in [5.41, 5.74) is 1.80. The van der Waals surface area contributed by atoms with Crippen molar-refractivity contribution >= 4 is 10.9 Å². The Morgan fingerprint density at radius 1 is 1.55 bits per heavy atom. The number of aryl methyl sites for hydroxylation is 1. The molecule has 6 heteroatoms. The predicted octanol–water partition coefficient (Wildman–Crippen LogP) is 0.284. The summed E-state index contributed by atoms with van der Waals surface area (Å²) in [7, 11) is 0. The summed E-state index contributed by atoms with van der Waals surface area (Å²) in [5, 5.41) is 10.9. The van der Waals surface area contributed by atoms with Crippen molar-refractivity contribution in [3.63, 3.8) is 0 Å². The van der Waals surface area contributed by atoms with Gasteiger partial charge in [-0.3, -0.25) is 9.78 Å². The van der Waals surface area contributed by atoms with Gasteiger partial charge in [-0.1, -0.05) is 0 Å². The molecule has 0 aliphatic carbocycles. The highest BCUT2D eigenvalue weighted by Crippen LogP contribution is 2.30. The highest BCUT2D eigenvalue weighted by Gasteiger charge is 2.30. The van der Waals surface area contributed by atoms with Crippen LogP contribution in [0.3, 0.4) is 0 Å². The number of fused-ring (bicyclic) bond motifs is 1. The minimum atomic E-state index is -0.677. The van der Waals surface area contributed by atoms with E-state index in [1.807, 2.05) is 6.92 Å². The Balaban J connectivity index is 2.28. The third-order valence-corrected chi connectivity index (χ3v) is 4.01. The quantitative estimate of drug-likeness (QED) is 0.730. The standard InChI is InChI=1S/C14H17N3O3/c1-8-10-6-16-4-2-11(10)17(15)14(19)13(8)9-3-5-20-7-12(9)18/h2,4,6,9,12,18H,3,5,7,15H2,1H3. The van der Waals surface area contributed by atoms with E-state index in [4.69, 9.17) is 10.6 Å². The van der Waals surface area contributed by atoms with Crippen LogP contribution in [0.5, 0.6) is 0 Å². The molecule has 2 aromatic rings. The molecule has 0 spiro atoms. The van der Waals surface area contributed by atoms with Gasteiger partial charge in [0.1, 0.15) is 0 Å². The summed E-state index contributed by atoms with van der Waals surface area (Å²) >= 11 is 0. The van der Waals surface area contributed by atoms with E-state index in [-0.39, 0.29) is 18.1 Å². The van der Waals surface area contributed by atoms with Crippen molar-refractivity contribution in [1.29, 1.82) is 0 Å². The lowest BCUT2D eigenvalue weighted by Gasteiger charge is -2.29. The van der Waals surface area contributed by atoms with E-state index in [0.29, 0.717) is 24.1 Å². The van der Waals surface area contributed by atoms with Crippen molar-refractivity contribution in [2.24, 2.45) is 0 Å². The van der Waals surface area contributed by atoms with E-state index in [2.05, 4.69) is 4.98 Å². The second-order valence-electron chi connectivity index (χ2n) is 5.14. The Labute approximate surface area is 115 Å². The van der Waals surface area contributed by atoms with Crippen molar-refractivity contribution in [2.75, 3.05) is 19.1 Å². The van der Waals surface area contributed by atoms with Crippen molar-refractivity contribution < 1.29 is 9.84 Å². The molecule has 3 heterocycles.